The summed E-state index contributed by atoms with van der Waals surface area (Å²) in [6.45, 7) is 4.33. The number of ether oxygens (including phenoxy) is 1. The van der Waals surface area contributed by atoms with E-state index < -0.39 is 0 Å². The van der Waals surface area contributed by atoms with Crippen molar-refractivity contribution in [3.05, 3.63) is 0 Å². The zero-order valence-electron chi connectivity index (χ0n) is 7.26. The first kappa shape index (κ1) is 9.92. The first-order valence-electron chi connectivity index (χ1n) is 4.06. The summed E-state index contributed by atoms with van der Waals surface area (Å²) >= 11 is 0. The lowest BCUT2D eigenvalue weighted by Crippen LogP contribution is -2.05. The summed E-state index contributed by atoms with van der Waals surface area (Å²) in [6.07, 6.45) is 4.82. The van der Waals surface area contributed by atoms with Gasteiger partial charge in [-0.25, -0.2) is 0 Å². The van der Waals surface area contributed by atoms with Gasteiger partial charge in [0.25, 0.3) is 0 Å². The van der Waals surface area contributed by atoms with Gasteiger partial charge < -0.3 is 10.5 Å². The van der Waals surface area contributed by atoms with Crippen molar-refractivity contribution in [1.29, 1.82) is 0 Å². The maximum Gasteiger partial charge on any atom is 0.0577 e. The smallest absolute Gasteiger partial charge is 0.0577 e. The predicted octanol–water partition coefficient (Wildman–Crippen LogP) is 1.54. The third-order valence-electron chi connectivity index (χ3n) is 1.78. The van der Waals surface area contributed by atoms with Crippen LogP contribution in [0.2, 0.25) is 0 Å². The molecule has 10 heavy (non-hydrogen) atoms. The molecule has 0 aliphatic carbocycles. The molecule has 1 rings (SSSR count). The Bertz CT molecular complexity index is 75.7. The Balaban J connectivity index is 0.000000371. The first-order chi connectivity index (χ1) is 4.83. The van der Waals surface area contributed by atoms with E-state index in [1.807, 2.05) is 0 Å². The molecule has 1 aliphatic heterocycles. The quantitative estimate of drug-likeness (QED) is 0.607. The average molecular weight is 145 g/mol. The molecule has 0 bridgehead atoms. The lowest BCUT2D eigenvalue weighted by atomic mass is 10.2. The van der Waals surface area contributed by atoms with Crippen LogP contribution in [0.25, 0.3) is 0 Å². The maximum atomic E-state index is 5.51. The van der Waals surface area contributed by atoms with Gasteiger partial charge in [0.1, 0.15) is 0 Å². The van der Waals surface area contributed by atoms with Gasteiger partial charge in [-0.3, -0.25) is 0 Å². The lowest BCUT2D eigenvalue weighted by Gasteiger charge is -2.05. The number of nitrogens with two attached hydrogens (primary N) is 1. The van der Waals surface area contributed by atoms with Gasteiger partial charge >= 0.3 is 0 Å². The van der Waals surface area contributed by atoms with E-state index in [0.717, 1.165) is 0 Å². The van der Waals surface area contributed by atoms with Crippen LogP contribution in [-0.2, 0) is 4.74 Å². The molecule has 0 aromatic rings. The molecule has 2 atom stereocenters. The molecule has 2 unspecified atom stereocenters. The van der Waals surface area contributed by atoms with Gasteiger partial charge in [-0.1, -0.05) is 6.92 Å². The second-order valence-corrected chi connectivity index (χ2v) is 2.55. The minimum absolute atomic E-state index is 0.528. The lowest BCUT2D eigenvalue weighted by molar-refractivity contribution is 0.0540. The van der Waals surface area contributed by atoms with E-state index in [-0.39, 0.29) is 0 Å². The summed E-state index contributed by atoms with van der Waals surface area (Å²) in [7, 11) is 1.50. The van der Waals surface area contributed by atoms with Gasteiger partial charge in [0.2, 0.25) is 0 Å². The molecule has 0 spiro atoms. The monoisotopic (exact) mass is 145 g/mol. The molecule has 2 nitrogen and oxygen atoms in total. The third-order valence-corrected chi connectivity index (χ3v) is 1.78. The van der Waals surface area contributed by atoms with Crippen molar-refractivity contribution in [2.24, 2.45) is 5.73 Å². The molecule has 0 aromatic heterocycles. The third kappa shape index (κ3) is 3.18. The minimum Gasteiger partial charge on any atom is -0.375 e. The van der Waals surface area contributed by atoms with Crippen LogP contribution in [0, 0.1) is 0 Å². The Morgan fingerprint density at radius 3 is 2.20 bits per heavy atom. The fourth-order valence-electron chi connectivity index (χ4n) is 1.19. The van der Waals surface area contributed by atoms with Crippen molar-refractivity contribution in [2.75, 3.05) is 7.05 Å². The van der Waals surface area contributed by atoms with Crippen LogP contribution in [0.4, 0.5) is 0 Å². The Morgan fingerprint density at radius 2 is 2.00 bits per heavy atom. The summed E-state index contributed by atoms with van der Waals surface area (Å²) in [5.41, 5.74) is 4.50. The van der Waals surface area contributed by atoms with Crippen LogP contribution in [0.3, 0.4) is 0 Å². The van der Waals surface area contributed by atoms with Crippen molar-refractivity contribution < 1.29 is 4.74 Å². The van der Waals surface area contributed by atoms with E-state index in [4.69, 9.17) is 4.74 Å². The zero-order chi connectivity index (χ0) is 7.98. The van der Waals surface area contributed by atoms with E-state index >= 15 is 0 Å². The SMILES string of the molecule is CCC1CCC(C)O1.CN. The Kier molecular flexibility index (Phi) is 5.64. The molecular formula is C8H19NO. The summed E-state index contributed by atoms with van der Waals surface area (Å²) in [5.74, 6) is 0. The molecule has 0 radical (unpaired) electrons. The van der Waals surface area contributed by atoms with Crippen molar-refractivity contribution in [2.45, 2.75) is 45.3 Å². The summed E-state index contributed by atoms with van der Waals surface area (Å²) in [5, 5.41) is 0. The number of hydrogen-bond donors (Lipinski definition) is 1. The highest BCUT2D eigenvalue weighted by molar-refractivity contribution is 4.68. The van der Waals surface area contributed by atoms with E-state index in [9.17, 15) is 0 Å². The Morgan fingerprint density at radius 1 is 1.40 bits per heavy atom. The second-order valence-electron chi connectivity index (χ2n) is 2.55. The van der Waals surface area contributed by atoms with E-state index in [2.05, 4.69) is 19.6 Å². The molecule has 1 heterocycles. The van der Waals surface area contributed by atoms with Crippen LogP contribution in [0.15, 0.2) is 0 Å². The van der Waals surface area contributed by atoms with E-state index in [1.165, 1.54) is 26.3 Å². The number of hydrogen-bond acceptors (Lipinski definition) is 2. The van der Waals surface area contributed by atoms with Crippen LogP contribution in [-0.4, -0.2) is 19.3 Å². The van der Waals surface area contributed by atoms with Crippen LogP contribution >= 0.6 is 0 Å². The van der Waals surface area contributed by atoms with Gasteiger partial charge in [-0.15, -0.1) is 0 Å². The molecule has 0 aromatic carbocycles. The molecule has 62 valence electrons. The molecular weight excluding hydrogens is 126 g/mol. The standard InChI is InChI=1S/C7H14O.CH5N/c1-3-7-5-4-6(2)8-7;1-2/h6-7H,3-5H2,1-2H3;2H2,1H3. The summed E-state index contributed by atoms with van der Waals surface area (Å²) < 4.78 is 5.51. The highest BCUT2D eigenvalue weighted by Crippen LogP contribution is 2.20. The Labute approximate surface area is 63.7 Å². The first-order valence-corrected chi connectivity index (χ1v) is 4.06. The van der Waals surface area contributed by atoms with Crippen molar-refractivity contribution >= 4 is 0 Å². The van der Waals surface area contributed by atoms with Crippen LogP contribution in [0.5, 0.6) is 0 Å². The van der Waals surface area contributed by atoms with Crippen LogP contribution < -0.4 is 5.73 Å². The van der Waals surface area contributed by atoms with Gasteiger partial charge in [-0.05, 0) is 33.2 Å². The maximum absolute atomic E-state index is 5.51. The second kappa shape index (κ2) is 5.69. The van der Waals surface area contributed by atoms with Crippen LogP contribution in [0.1, 0.15) is 33.1 Å². The van der Waals surface area contributed by atoms with Crippen molar-refractivity contribution in [3.8, 4) is 0 Å². The molecule has 1 aliphatic rings. The zero-order valence-corrected chi connectivity index (χ0v) is 7.26. The molecule has 2 heteroatoms. The molecule has 0 saturated carbocycles. The molecule has 0 amide bonds. The van der Waals surface area contributed by atoms with Gasteiger partial charge in [0.05, 0.1) is 12.2 Å². The normalized spacial score (nSPS) is 31.2. The molecule has 1 fully saturated rings. The predicted molar refractivity (Wildman–Crippen MR) is 44.0 cm³/mol. The fraction of sp³-hybridized carbons (Fsp3) is 1.00. The average Bonchev–Trinajstić information content (AvgIpc) is 2.40. The topological polar surface area (TPSA) is 35.2 Å². The summed E-state index contributed by atoms with van der Waals surface area (Å²) in [4.78, 5) is 0. The van der Waals surface area contributed by atoms with E-state index in [1.54, 1.807) is 0 Å². The van der Waals surface area contributed by atoms with Crippen molar-refractivity contribution in [3.63, 3.8) is 0 Å². The van der Waals surface area contributed by atoms with Crippen molar-refractivity contribution in [1.82, 2.24) is 0 Å². The number of rotatable bonds is 1. The van der Waals surface area contributed by atoms with Gasteiger partial charge in [0.15, 0.2) is 0 Å². The van der Waals surface area contributed by atoms with Gasteiger partial charge in [0, 0.05) is 0 Å². The largest absolute Gasteiger partial charge is 0.375 e. The molecule has 2 N–H and O–H groups in total. The molecule has 1 saturated heterocycles. The highest BCUT2D eigenvalue weighted by atomic mass is 16.5. The Hall–Kier alpha value is -0.0800. The summed E-state index contributed by atoms with van der Waals surface area (Å²) in [6, 6.07) is 0. The minimum atomic E-state index is 0.528. The van der Waals surface area contributed by atoms with Gasteiger partial charge in [-0.2, -0.15) is 0 Å². The fourth-order valence-corrected chi connectivity index (χ4v) is 1.19. The highest BCUT2D eigenvalue weighted by Gasteiger charge is 2.18. The van der Waals surface area contributed by atoms with E-state index in [0.29, 0.717) is 12.2 Å².